The smallest absolute Gasteiger partial charge is 0.166 e. The van der Waals surface area contributed by atoms with E-state index in [1.54, 1.807) is 12.1 Å². The zero-order chi connectivity index (χ0) is 19.9. The summed E-state index contributed by atoms with van der Waals surface area (Å²) in [7, 11) is 4.04. The number of piperidine rings is 1. The molecule has 0 N–H and O–H groups in total. The molecule has 150 valence electrons. The average Bonchev–Trinajstić information content (AvgIpc) is 2.72. The number of likely N-dealkylation sites (tertiary alicyclic amines) is 1. The Morgan fingerprint density at radius 3 is 2.32 bits per heavy atom. The largest absolute Gasteiger partial charge is 0.494 e. The number of carbonyl (C=O) groups excluding carboxylic acids is 1. The molecule has 28 heavy (non-hydrogen) atoms. The number of nitrogens with zero attached hydrogens (tertiary/aromatic N) is 2. The number of hydrogen-bond donors (Lipinski definition) is 0. The summed E-state index contributed by atoms with van der Waals surface area (Å²) in [6.07, 6.45) is 2.69. The third-order valence-corrected chi connectivity index (χ3v) is 5.33. The Kier molecular flexibility index (Phi) is 7.04. The Morgan fingerprint density at radius 1 is 1.07 bits per heavy atom. The number of benzene rings is 2. The van der Waals surface area contributed by atoms with Gasteiger partial charge in [0, 0.05) is 37.8 Å². The second kappa shape index (κ2) is 9.69. The summed E-state index contributed by atoms with van der Waals surface area (Å²) < 4.78 is 18.8. The molecule has 0 aliphatic carbocycles. The van der Waals surface area contributed by atoms with Gasteiger partial charge >= 0.3 is 0 Å². The van der Waals surface area contributed by atoms with Gasteiger partial charge < -0.3 is 14.5 Å². The number of carbonyl (C=O) groups is 1. The third kappa shape index (κ3) is 5.55. The molecule has 0 radical (unpaired) electrons. The van der Waals surface area contributed by atoms with E-state index < -0.39 is 0 Å². The summed E-state index contributed by atoms with van der Waals surface area (Å²) in [5.41, 5.74) is 1.78. The predicted octanol–water partition coefficient (Wildman–Crippen LogP) is 4.26. The summed E-state index contributed by atoms with van der Waals surface area (Å²) in [5, 5.41) is 0. The molecule has 0 saturated carbocycles. The highest BCUT2D eigenvalue weighted by Crippen LogP contribution is 2.22. The topological polar surface area (TPSA) is 32.8 Å². The van der Waals surface area contributed by atoms with Crippen LogP contribution in [0.1, 0.15) is 29.6 Å². The first kappa shape index (κ1) is 20.3. The predicted molar refractivity (Wildman–Crippen MR) is 111 cm³/mol. The van der Waals surface area contributed by atoms with Crippen LogP contribution in [0.25, 0.3) is 0 Å². The Bertz CT molecular complexity index is 751. The van der Waals surface area contributed by atoms with E-state index in [-0.39, 0.29) is 17.5 Å². The van der Waals surface area contributed by atoms with Gasteiger partial charge in [0.25, 0.3) is 0 Å². The van der Waals surface area contributed by atoms with Crippen molar-refractivity contribution in [3.8, 4) is 5.75 Å². The second-order valence-electron chi connectivity index (χ2n) is 7.58. The minimum Gasteiger partial charge on any atom is -0.494 e. The number of halogens is 1. The number of ether oxygens (including phenoxy) is 1. The van der Waals surface area contributed by atoms with E-state index in [1.165, 1.54) is 12.1 Å². The fraction of sp³-hybridized carbons (Fsp3) is 0.435. The Hall–Kier alpha value is -2.40. The number of anilines is 1. The van der Waals surface area contributed by atoms with Gasteiger partial charge in [0.2, 0.25) is 0 Å². The first-order valence-electron chi connectivity index (χ1n) is 9.95. The SMILES string of the molecule is CN(C)c1ccc(OCCCN2CCC(C(=O)c3ccc(F)cc3)CC2)cc1. The lowest BCUT2D eigenvalue weighted by Crippen LogP contribution is -2.37. The molecule has 1 heterocycles. The van der Waals surface area contributed by atoms with Gasteiger partial charge in [-0.1, -0.05) is 0 Å². The van der Waals surface area contributed by atoms with Gasteiger partial charge in [-0.2, -0.15) is 0 Å². The Labute approximate surface area is 166 Å². The van der Waals surface area contributed by atoms with Crippen LogP contribution in [-0.2, 0) is 0 Å². The Balaban J connectivity index is 1.35. The summed E-state index contributed by atoms with van der Waals surface area (Å²) in [5.74, 6) is 0.786. The van der Waals surface area contributed by atoms with Gasteiger partial charge in [-0.25, -0.2) is 4.39 Å². The lowest BCUT2D eigenvalue weighted by Gasteiger charge is -2.31. The first-order chi connectivity index (χ1) is 13.5. The average molecular weight is 384 g/mol. The summed E-state index contributed by atoms with van der Waals surface area (Å²) >= 11 is 0. The van der Waals surface area contributed by atoms with Gasteiger partial charge in [0.15, 0.2) is 5.78 Å². The molecule has 1 aliphatic heterocycles. The monoisotopic (exact) mass is 384 g/mol. The molecule has 0 amide bonds. The molecule has 0 spiro atoms. The number of hydrogen-bond acceptors (Lipinski definition) is 4. The molecular weight excluding hydrogens is 355 g/mol. The molecule has 5 heteroatoms. The lowest BCUT2D eigenvalue weighted by molar-refractivity contribution is 0.0835. The Morgan fingerprint density at radius 2 is 1.71 bits per heavy atom. The van der Waals surface area contributed by atoms with Crippen LogP contribution >= 0.6 is 0 Å². The summed E-state index contributed by atoms with van der Waals surface area (Å²) in [6, 6.07) is 14.0. The van der Waals surface area contributed by atoms with Crippen LogP contribution < -0.4 is 9.64 Å². The molecule has 0 aromatic heterocycles. The highest BCUT2D eigenvalue weighted by molar-refractivity contribution is 5.97. The van der Waals surface area contributed by atoms with E-state index in [4.69, 9.17) is 4.74 Å². The second-order valence-corrected chi connectivity index (χ2v) is 7.58. The van der Waals surface area contributed by atoms with Crippen molar-refractivity contribution in [3.05, 3.63) is 59.9 Å². The van der Waals surface area contributed by atoms with E-state index in [0.717, 1.165) is 50.3 Å². The maximum Gasteiger partial charge on any atom is 0.166 e. The van der Waals surface area contributed by atoms with Crippen molar-refractivity contribution in [1.29, 1.82) is 0 Å². The standard InChI is InChI=1S/C23H29FN2O2/c1-25(2)21-8-10-22(11-9-21)28-17-3-14-26-15-12-19(13-16-26)23(27)18-4-6-20(24)7-5-18/h4-11,19H,3,12-17H2,1-2H3. The molecule has 0 bridgehead atoms. The van der Waals surface area contributed by atoms with Crippen LogP contribution in [0.3, 0.4) is 0 Å². The zero-order valence-electron chi connectivity index (χ0n) is 16.7. The molecular formula is C23H29FN2O2. The van der Waals surface area contributed by atoms with Gasteiger partial charge in [-0.3, -0.25) is 4.79 Å². The van der Waals surface area contributed by atoms with Crippen LogP contribution in [-0.4, -0.2) is 51.0 Å². The molecule has 0 atom stereocenters. The maximum atomic E-state index is 13.0. The van der Waals surface area contributed by atoms with Crippen molar-refractivity contribution in [3.63, 3.8) is 0 Å². The van der Waals surface area contributed by atoms with Crippen molar-refractivity contribution in [2.24, 2.45) is 5.92 Å². The van der Waals surface area contributed by atoms with E-state index in [2.05, 4.69) is 21.9 Å². The van der Waals surface area contributed by atoms with Gasteiger partial charge in [-0.05, 0) is 80.9 Å². The normalized spacial score (nSPS) is 15.4. The van der Waals surface area contributed by atoms with Crippen LogP contribution in [0.5, 0.6) is 5.75 Å². The molecule has 4 nitrogen and oxygen atoms in total. The summed E-state index contributed by atoms with van der Waals surface area (Å²) in [4.78, 5) is 17.0. The first-order valence-corrected chi connectivity index (χ1v) is 9.95. The van der Waals surface area contributed by atoms with E-state index in [1.807, 2.05) is 26.2 Å². The number of Topliss-reactive ketones (excluding diaryl/α,β-unsaturated/α-hetero) is 1. The van der Waals surface area contributed by atoms with Crippen molar-refractivity contribution < 1.29 is 13.9 Å². The zero-order valence-corrected chi connectivity index (χ0v) is 16.7. The fourth-order valence-corrected chi connectivity index (χ4v) is 3.59. The molecule has 2 aromatic rings. The van der Waals surface area contributed by atoms with Crippen molar-refractivity contribution in [1.82, 2.24) is 4.90 Å². The minimum absolute atomic E-state index is 0.0492. The number of ketones is 1. The third-order valence-electron chi connectivity index (χ3n) is 5.33. The van der Waals surface area contributed by atoms with Crippen LogP contribution in [0.15, 0.2) is 48.5 Å². The van der Waals surface area contributed by atoms with E-state index >= 15 is 0 Å². The molecule has 1 aliphatic rings. The van der Waals surface area contributed by atoms with Crippen molar-refractivity contribution in [2.75, 3.05) is 45.2 Å². The van der Waals surface area contributed by atoms with E-state index in [0.29, 0.717) is 12.2 Å². The van der Waals surface area contributed by atoms with Crippen LogP contribution in [0, 0.1) is 11.7 Å². The van der Waals surface area contributed by atoms with Crippen LogP contribution in [0.4, 0.5) is 10.1 Å². The summed E-state index contributed by atoms with van der Waals surface area (Å²) in [6.45, 7) is 3.52. The van der Waals surface area contributed by atoms with E-state index in [9.17, 15) is 9.18 Å². The quantitative estimate of drug-likeness (QED) is 0.503. The van der Waals surface area contributed by atoms with Crippen molar-refractivity contribution >= 4 is 11.5 Å². The minimum atomic E-state index is -0.303. The molecule has 0 unspecified atom stereocenters. The molecule has 3 rings (SSSR count). The fourth-order valence-electron chi connectivity index (χ4n) is 3.59. The molecule has 2 aromatic carbocycles. The van der Waals surface area contributed by atoms with Gasteiger partial charge in [0.05, 0.1) is 6.61 Å². The van der Waals surface area contributed by atoms with Crippen LogP contribution in [0.2, 0.25) is 0 Å². The van der Waals surface area contributed by atoms with Gasteiger partial charge in [-0.15, -0.1) is 0 Å². The highest BCUT2D eigenvalue weighted by atomic mass is 19.1. The highest BCUT2D eigenvalue weighted by Gasteiger charge is 2.25. The number of rotatable bonds is 8. The van der Waals surface area contributed by atoms with Crippen molar-refractivity contribution in [2.45, 2.75) is 19.3 Å². The maximum absolute atomic E-state index is 13.0. The van der Waals surface area contributed by atoms with Gasteiger partial charge in [0.1, 0.15) is 11.6 Å². The lowest BCUT2D eigenvalue weighted by atomic mass is 9.89. The molecule has 1 fully saturated rings. The molecule has 1 saturated heterocycles.